The fraction of sp³-hybridized carbons (Fsp3) is 0.353. The highest BCUT2D eigenvalue weighted by molar-refractivity contribution is 7.89. The van der Waals surface area contributed by atoms with E-state index in [2.05, 4.69) is 4.98 Å². The van der Waals surface area contributed by atoms with Crippen molar-refractivity contribution < 1.29 is 13.2 Å². The molecule has 0 N–H and O–H groups in total. The molecular weight excluding hydrogens is 312 g/mol. The highest BCUT2D eigenvalue weighted by atomic mass is 32.2. The lowest BCUT2D eigenvalue weighted by Crippen LogP contribution is -2.30. The van der Waals surface area contributed by atoms with Crippen LogP contribution in [0, 0.1) is 6.92 Å². The van der Waals surface area contributed by atoms with Crippen LogP contribution in [0.1, 0.15) is 30.0 Å². The highest BCUT2D eigenvalue weighted by Gasteiger charge is 2.36. The molecular formula is C17H20N2O3S. The first-order valence-corrected chi connectivity index (χ1v) is 9.05. The SMILES string of the molecule is COc1ccc([C@H]2CCCN2S(=O)(=O)c2ccc(C)cc2)cn1. The Bertz CT molecular complexity index is 770. The van der Waals surface area contributed by atoms with Gasteiger partial charge in [0.05, 0.1) is 18.0 Å². The molecule has 0 amide bonds. The number of methoxy groups -OCH3 is 1. The molecule has 1 fully saturated rings. The van der Waals surface area contributed by atoms with Crippen LogP contribution in [0.5, 0.6) is 5.88 Å². The van der Waals surface area contributed by atoms with Crippen molar-refractivity contribution >= 4 is 10.0 Å². The van der Waals surface area contributed by atoms with E-state index in [1.165, 1.54) is 0 Å². The third kappa shape index (κ3) is 3.09. The van der Waals surface area contributed by atoms with Gasteiger partial charge in [-0.3, -0.25) is 0 Å². The van der Waals surface area contributed by atoms with Gasteiger partial charge in [-0.05, 0) is 37.5 Å². The molecule has 1 aliphatic heterocycles. The molecule has 2 heterocycles. The van der Waals surface area contributed by atoms with Crippen LogP contribution in [-0.2, 0) is 10.0 Å². The number of pyridine rings is 1. The molecule has 1 atom stereocenters. The molecule has 0 spiro atoms. The van der Waals surface area contributed by atoms with E-state index in [1.54, 1.807) is 35.8 Å². The maximum Gasteiger partial charge on any atom is 0.243 e. The molecule has 3 rings (SSSR count). The Morgan fingerprint density at radius 3 is 2.52 bits per heavy atom. The van der Waals surface area contributed by atoms with Gasteiger partial charge < -0.3 is 4.74 Å². The Balaban J connectivity index is 1.92. The van der Waals surface area contributed by atoms with Gasteiger partial charge >= 0.3 is 0 Å². The van der Waals surface area contributed by atoms with Gasteiger partial charge in [0.15, 0.2) is 0 Å². The van der Waals surface area contributed by atoms with Crippen molar-refractivity contribution in [2.24, 2.45) is 0 Å². The minimum absolute atomic E-state index is 0.167. The molecule has 1 aromatic heterocycles. The Kier molecular flexibility index (Phi) is 4.37. The number of benzene rings is 1. The lowest BCUT2D eigenvalue weighted by atomic mass is 10.1. The molecule has 122 valence electrons. The number of rotatable bonds is 4. The van der Waals surface area contributed by atoms with Crippen molar-refractivity contribution in [3.8, 4) is 5.88 Å². The van der Waals surface area contributed by atoms with Crippen molar-refractivity contribution in [2.45, 2.75) is 30.7 Å². The summed E-state index contributed by atoms with van der Waals surface area (Å²) < 4.78 is 32.5. The van der Waals surface area contributed by atoms with Crippen LogP contribution in [0.2, 0.25) is 0 Å². The third-order valence-corrected chi connectivity index (χ3v) is 6.11. The summed E-state index contributed by atoms with van der Waals surface area (Å²) in [7, 11) is -1.93. The fourth-order valence-electron chi connectivity index (χ4n) is 2.92. The average molecular weight is 332 g/mol. The maximum atomic E-state index is 12.9. The highest BCUT2D eigenvalue weighted by Crippen LogP contribution is 2.36. The summed E-state index contributed by atoms with van der Waals surface area (Å²) in [5.41, 5.74) is 1.94. The standard InChI is InChI=1S/C17H20N2O3S/c1-13-5-8-15(9-6-13)23(20,21)19-11-3-4-16(19)14-7-10-17(22-2)18-12-14/h5-10,12,16H,3-4,11H2,1-2H3/t16-/m1/s1. The van der Waals surface area contributed by atoms with Gasteiger partial charge in [-0.25, -0.2) is 13.4 Å². The van der Waals surface area contributed by atoms with E-state index in [-0.39, 0.29) is 6.04 Å². The molecule has 0 aliphatic carbocycles. The predicted molar refractivity (Wildman–Crippen MR) is 87.8 cm³/mol. The van der Waals surface area contributed by atoms with E-state index in [1.807, 2.05) is 25.1 Å². The zero-order valence-corrected chi connectivity index (χ0v) is 14.1. The molecule has 0 saturated carbocycles. The zero-order chi connectivity index (χ0) is 16.4. The molecule has 23 heavy (non-hydrogen) atoms. The van der Waals surface area contributed by atoms with Crippen LogP contribution in [-0.4, -0.2) is 31.4 Å². The third-order valence-electron chi connectivity index (χ3n) is 4.18. The predicted octanol–water partition coefficient (Wildman–Crippen LogP) is 2.92. The van der Waals surface area contributed by atoms with Crippen molar-refractivity contribution in [1.82, 2.24) is 9.29 Å². The molecule has 0 radical (unpaired) electrons. The largest absolute Gasteiger partial charge is 0.481 e. The monoisotopic (exact) mass is 332 g/mol. The smallest absolute Gasteiger partial charge is 0.243 e. The van der Waals surface area contributed by atoms with Gasteiger partial charge in [0.1, 0.15) is 0 Å². The Labute approximate surface area is 137 Å². The zero-order valence-electron chi connectivity index (χ0n) is 13.3. The van der Waals surface area contributed by atoms with Crippen LogP contribution in [0.3, 0.4) is 0 Å². The number of aromatic nitrogens is 1. The molecule has 2 aromatic rings. The van der Waals surface area contributed by atoms with Gasteiger partial charge in [0.2, 0.25) is 15.9 Å². The number of hydrogen-bond donors (Lipinski definition) is 0. The van der Waals surface area contributed by atoms with Gasteiger partial charge in [-0.2, -0.15) is 4.31 Å². The van der Waals surface area contributed by atoms with Crippen molar-refractivity contribution in [2.75, 3.05) is 13.7 Å². The molecule has 1 aliphatic rings. The van der Waals surface area contributed by atoms with Crippen LogP contribution in [0.25, 0.3) is 0 Å². The van der Waals surface area contributed by atoms with Crippen LogP contribution in [0.4, 0.5) is 0 Å². The fourth-order valence-corrected chi connectivity index (χ4v) is 4.60. The van der Waals surface area contributed by atoms with E-state index in [0.717, 1.165) is 24.0 Å². The quantitative estimate of drug-likeness (QED) is 0.864. The summed E-state index contributed by atoms with van der Waals surface area (Å²) in [6.07, 6.45) is 3.35. The molecule has 5 nitrogen and oxygen atoms in total. The second-order valence-electron chi connectivity index (χ2n) is 5.72. The van der Waals surface area contributed by atoms with Crippen molar-refractivity contribution in [3.63, 3.8) is 0 Å². The molecule has 0 unspecified atom stereocenters. The molecule has 1 aromatic carbocycles. The Morgan fingerprint density at radius 2 is 1.91 bits per heavy atom. The summed E-state index contributed by atoms with van der Waals surface area (Å²) >= 11 is 0. The van der Waals surface area contributed by atoms with Crippen LogP contribution in [0.15, 0.2) is 47.5 Å². The summed E-state index contributed by atoms with van der Waals surface area (Å²) in [4.78, 5) is 4.54. The summed E-state index contributed by atoms with van der Waals surface area (Å²) in [6, 6.07) is 10.5. The first-order valence-electron chi connectivity index (χ1n) is 7.61. The minimum atomic E-state index is -3.49. The average Bonchev–Trinajstić information content (AvgIpc) is 3.06. The van der Waals surface area contributed by atoms with Gasteiger partial charge in [0.25, 0.3) is 0 Å². The van der Waals surface area contributed by atoms with Crippen LogP contribution < -0.4 is 4.74 Å². The lowest BCUT2D eigenvalue weighted by Gasteiger charge is -2.24. The van der Waals surface area contributed by atoms with Gasteiger partial charge in [-0.1, -0.05) is 23.8 Å². The minimum Gasteiger partial charge on any atom is -0.481 e. The number of sulfonamides is 1. The van der Waals surface area contributed by atoms with Gasteiger partial charge in [0, 0.05) is 18.8 Å². The van der Waals surface area contributed by atoms with Crippen molar-refractivity contribution in [1.29, 1.82) is 0 Å². The molecule has 1 saturated heterocycles. The normalized spacial score (nSPS) is 19.0. The maximum absolute atomic E-state index is 12.9. The molecule has 6 heteroatoms. The van der Waals surface area contributed by atoms with E-state index in [9.17, 15) is 8.42 Å². The first kappa shape index (κ1) is 16.0. The number of ether oxygens (including phenoxy) is 1. The van der Waals surface area contributed by atoms with E-state index in [4.69, 9.17) is 4.74 Å². The number of hydrogen-bond acceptors (Lipinski definition) is 4. The van der Waals surface area contributed by atoms with Crippen LogP contribution >= 0.6 is 0 Å². The molecule has 0 bridgehead atoms. The van der Waals surface area contributed by atoms with E-state index >= 15 is 0 Å². The second-order valence-corrected chi connectivity index (χ2v) is 7.61. The Hall–Kier alpha value is -1.92. The lowest BCUT2D eigenvalue weighted by molar-refractivity contribution is 0.387. The number of nitrogens with zero attached hydrogens (tertiary/aromatic N) is 2. The van der Waals surface area contributed by atoms with E-state index < -0.39 is 10.0 Å². The topological polar surface area (TPSA) is 59.5 Å². The Morgan fingerprint density at radius 1 is 1.17 bits per heavy atom. The second kappa shape index (κ2) is 6.29. The first-order chi connectivity index (χ1) is 11.0. The van der Waals surface area contributed by atoms with Crippen molar-refractivity contribution in [3.05, 3.63) is 53.7 Å². The summed E-state index contributed by atoms with van der Waals surface area (Å²) in [5.74, 6) is 0.527. The van der Waals surface area contributed by atoms with E-state index in [0.29, 0.717) is 17.3 Å². The number of aryl methyl sites for hydroxylation is 1. The summed E-state index contributed by atoms with van der Waals surface area (Å²) in [6.45, 7) is 2.48. The van der Waals surface area contributed by atoms with Gasteiger partial charge in [-0.15, -0.1) is 0 Å². The summed E-state index contributed by atoms with van der Waals surface area (Å²) in [5, 5.41) is 0.